The Bertz CT molecular complexity index is 996. The summed E-state index contributed by atoms with van der Waals surface area (Å²) < 4.78 is 11.3. The molecule has 1 aromatic carbocycles. The summed E-state index contributed by atoms with van der Waals surface area (Å²) >= 11 is 5.23. The third kappa shape index (κ3) is 4.80. The van der Waals surface area contributed by atoms with Crippen LogP contribution in [0, 0.1) is 23.0 Å². The fourth-order valence-electron chi connectivity index (χ4n) is 2.87. The highest BCUT2D eigenvalue weighted by atomic mass is 32.1. The van der Waals surface area contributed by atoms with E-state index < -0.39 is 4.92 Å². The Morgan fingerprint density at radius 2 is 2.10 bits per heavy atom. The van der Waals surface area contributed by atoms with Gasteiger partial charge >= 0.3 is 0 Å². The van der Waals surface area contributed by atoms with Gasteiger partial charge in [0.05, 0.1) is 4.92 Å². The maximum atomic E-state index is 12.5. The molecule has 0 atom stereocenters. The predicted molar refractivity (Wildman–Crippen MR) is 111 cm³/mol. The van der Waals surface area contributed by atoms with Crippen LogP contribution in [-0.2, 0) is 11.4 Å². The second-order valence-electron chi connectivity index (χ2n) is 7.10. The summed E-state index contributed by atoms with van der Waals surface area (Å²) in [6, 6.07) is 8.04. The van der Waals surface area contributed by atoms with Crippen molar-refractivity contribution in [1.82, 2.24) is 10.2 Å². The van der Waals surface area contributed by atoms with Gasteiger partial charge in [0.15, 0.2) is 5.11 Å². The average Bonchev–Trinajstić information content (AvgIpc) is 3.19. The quantitative estimate of drug-likeness (QED) is 0.318. The molecule has 1 N–H and O–H groups in total. The molecule has 0 unspecified atom stereocenters. The van der Waals surface area contributed by atoms with E-state index in [1.165, 1.54) is 11.0 Å². The highest BCUT2D eigenvalue weighted by Crippen LogP contribution is 2.24. The Labute approximate surface area is 173 Å². The number of nitro benzene ring substituents is 1. The number of nitrogens with zero attached hydrogens (tertiary/aromatic N) is 2. The molecule has 0 spiro atoms. The first-order chi connectivity index (χ1) is 13.7. The maximum Gasteiger partial charge on any atom is 0.276 e. The van der Waals surface area contributed by atoms with Gasteiger partial charge < -0.3 is 14.5 Å². The summed E-state index contributed by atoms with van der Waals surface area (Å²) in [7, 11) is 0. The minimum absolute atomic E-state index is 0.0439. The highest BCUT2D eigenvalue weighted by Gasteiger charge is 2.31. The van der Waals surface area contributed by atoms with Crippen molar-refractivity contribution >= 4 is 35.0 Å². The lowest BCUT2D eigenvalue weighted by Gasteiger charge is -2.15. The van der Waals surface area contributed by atoms with E-state index in [1.807, 2.05) is 13.8 Å². The molecule has 1 amide bonds. The normalized spacial score (nSPS) is 15.3. The SMILES string of the molecule is Cc1cc(OCc2ccc(/C=C3/NC(=S)N(CC(C)C)C3=O)o2)ccc1[N+](=O)[O-]. The van der Waals surface area contributed by atoms with Crippen LogP contribution in [0.5, 0.6) is 5.75 Å². The van der Waals surface area contributed by atoms with E-state index in [0.717, 1.165) is 0 Å². The van der Waals surface area contributed by atoms with Gasteiger partial charge in [-0.05, 0) is 49.3 Å². The first kappa shape index (κ1) is 20.5. The molecular weight excluding hydrogens is 394 g/mol. The van der Waals surface area contributed by atoms with Gasteiger partial charge in [0, 0.05) is 24.3 Å². The number of hydrogen-bond donors (Lipinski definition) is 1. The molecule has 0 radical (unpaired) electrons. The van der Waals surface area contributed by atoms with Crippen molar-refractivity contribution < 1.29 is 18.9 Å². The Kier molecular flexibility index (Phi) is 5.97. The molecule has 3 rings (SSSR count). The molecule has 2 heterocycles. The standard InChI is InChI=1S/C20H21N3O5S/c1-12(2)10-22-19(24)17(21-20(22)29)9-15-4-5-16(28-15)11-27-14-6-7-18(23(25)26)13(3)8-14/h4-9,12H,10-11H2,1-3H3,(H,21,29)/b17-9+. The maximum absolute atomic E-state index is 12.5. The molecule has 0 saturated carbocycles. The number of nitro groups is 1. The number of benzene rings is 1. The minimum atomic E-state index is -0.433. The molecule has 1 fully saturated rings. The van der Waals surface area contributed by atoms with Crippen LogP contribution in [0.25, 0.3) is 6.08 Å². The third-order valence-corrected chi connectivity index (χ3v) is 4.55. The molecular formula is C20H21N3O5S. The van der Waals surface area contributed by atoms with E-state index in [-0.39, 0.29) is 18.2 Å². The largest absolute Gasteiger partial charge is 0.486 e. The van der Waals surface area contributed by atoms with Gasteiger partial charge in [-0.1, -0.05) is 13.8 Å². The van der Waals surface area contributed by atoms with Crippen LogP contribution in [0.15, 0.2) is 40.4 Å². The van der Waals surface area contributed by atoms with E-state index in [9.17, 15) is 14.9 Å². The zero-order valence-electron chi connectivity index (χ0n) is 16.3. The van der Waals surface area contributed by atoms with E-state index in [4.69, 9.17) is 21.4 Å². The van der Waals surface area contributed by atoms with Crippen LogP contribution in [-0.4, -0.2) is 27.4 Å². The lowest BCUT2D eigenvalue weighted by molar-refractivity contribution is -0.385. The van der Waals surface area contributed by atoms with Crippen LogP contribution >= 0.6 is 12.2 Å². The first-order valence-electron chi connectivity index (χ1n) is 9.05. The lowest BCUT2D eigenvalue weighted by Crippen LogP contribution is -2.33. The number of ether oxygens (including phenoxy) is 1. The summed E-state index contributed by atoms with van der Waals surface area (Å²) in [5.74, 6) is 1.67. The molecule has 0 bridgehead atoms. The van der Waals surface area contributed by atoms with Crippen molar-refractivity contribution in [3.63, 3.8) is 0 Å². The molecule has 0 aliphatic carbocycles. The number of aryl methyl sites for hydroxylation is 1. The number of furan rings is 1. The van der Waals surface area contributed by atoms with Crippen LogP contribution in [0.3, 0.4) is 0 Å². The van der Waals surface area contributed by atoms with Gasteiger partial charge in [0.25, 0.3) is 11.6 Å². The molecule has 1 aliphatic rings. The number of carbonyl (C=O) groups is 1. The van der Waals surface area contributed by atoms with Crippen molar-refractivity contribution in [1.29, 1.82) is 0 Å². The zero-order valence-corrected chi connectivity index (χ0v) is 17.1. The van der Waals surface area contributed by atoms with Crippen LogP contribution in [0.1, 0.15) is 30.9 Å². The predicted octanol–water partition coefficient (Wildman–Crippen LogP) is 3.79. The Morgan fingerprint density at radius 3 is 2.76 bits per heavy atom. The minimum Gasteiger partial charge on any atom is -0.486 e. The fourth-order valence-corrected chi connectivity index (χ4v) is 3.14. The number of thiocarbonyl (C=S) groups is 1. The summed E-state index contributed by atoms with van der Waals surface area (Å²) in [5.41, 5.74) is 0.927. The van der Waals surface area contributed by atoms with Crippen LogP contribution < -0.4 is 10.1 Å². The summed E-state index contributed by atoms with van der Waals surface area (Å²) in [5, 5.41) is 14.2. The van der Waals surface area contributed by atoms with E-state index in [2.05, 4.69) is 5.32 Å². The number of amides is 1. The second-order valence-corrected chi connectivity index (χ2v) is 7.48. The van der Waals surface area contributed by atoms with E-state index in [1.54, 1.807) is 37.3 Å². The second kappa shape index (κ2) is 8.44. The number of hydrogen-bond acceptors (Lipinski definition) is 6. The molecule has 152 valence electrons. The van der Waals surface area contributed by atoms with Crippen LogP contribution in [0.4, 0.5) is 5.69 Å². The number of nitrogens with one attached hydrogen (secondary N) is 1. The fraction of sp³-hybridized carbons (Fsp3) is 0.300. The van der Waals surface area contributed by atoms with E-state index in [0.29, 0.717) is 46.1 Å². The van der Waals surface area contributed by atoms with Gasteiger partial charge in [-0.15, -0.1) is 0 Å². The van der Waals surface area contributed by atoms with Crippen LogP contribution in [0.2, 0.25) is 0 Å². The summed E-state index contributed by atoms with van der Waals surface area (Å²) in [6.45, 7) is 6.39. The average molecular weight is 415 g/mol. The Morgan fingerprint density at radius 1 is 1.34 bits per heavy atom. The Balaban J connectivity index is 1.65. The van der Waals surface area contributed by atoms with Gasteiger partial charge in [0.1, 0.15) is 29.6 Å². The van der Waals surface area contributed by atoms with Crippen molar-refractivity contribution in [2.45, 2.75) is 27.4 Å². The smallest absolute Gasteiger partial charge is 0.276 e. The van der Waals surface area contributed by atoms with E-state index >= 15 is 0 Å². The van der Waals surface area contributed by atoms with Gasteiger partial charge in [0.2, 0.25) is 0 Å². The molecule has 9 heteroatoms. The highest BCUT2D eigenvalue weighted by molar-refractivity contribution is 7.80. The first-order valence-corrected chi connectivity index (χ1v) is 9.46. The lowest BCUT2D eigenvalue weighted by atomic mass is 10.2. The van der Waals surface area contributed by atoms with Crippen molar-refractivity contribution in [3.05, 3.63) is 63.2 Å². The Hall–Kier alpha value is -3.20. The molecule has 1 aliphatic heterocycles. The monoisotopic (exact) mass is 415 g/mol. The number of rotatable bonds is 7. The third-order valence-electron chi connectivity index (χ3n) is 4.23. The molecule has 1 aromatic heterocycles. The van der Waals surface area contributed by atoms with Gasteiger partial charge in [-0.25, -0.2) is 0 Å². The number of carbonyl (C=O) groups excluding carboxylic acids is 1. The van der Waals surface area contributed by atoms with Crippen molar-refractivity contribution in [3.8, 4) is 5.75 Å². The summed E-state index contributed by atoms with van der Waals surface area (Å²) in [6.07, 6.45) is 1.61. The summed E-state index contributed by atoms with van der Waals surface area (Å²) in [4.78, 5) is 24.5. The molecule has 8 nitrogen and oxygen atoms in total. The molecule has 2 aromatic rings. The van der Waals surface area contributed by atoms with Gasteiger partial charge in [-0.2, -0.15) is 0 Å². The zero-order chi connectivity index (χ0) is 21.1. The molecule has 29 heavy (non-hydrogen) atoms. The van der Waals surface area contributed by atoms with Crippen molar-refractivity contribution in [2.24, 2.45) is 5.92 Å². The van der Waals surface area contributed by atoms with Gasteiger partial charge in [-0.3, -0.25) is 19.8 Å². The topological polar surface area (TPSA) is 97.8 Å². The van der Waals surface area contributed by atoms with Crippen molar-refractivity contribution in [2.75, 3.05) is 6.54 Å². The molecule has 1 saturated heterocycles.